The first kappa shape index (κ1) is 17.7. The minimum absolute atomic E-state index is 0.0585. The molecule has 2 atom stereocenters. The predicted octanol–water partition coefficient (Wildman–Crippen LogP) is 1.92. The van der Waals surface area contributed by atoms with Gasteiger partial charge in [0.15, 0.2) is 0 Å². The molecule has 0 aliphatic carbocycles. The molecule has 2 aromatic carbocycles. The number of rotatable bonds is 4. The summed E-state index contributed by atoms with van der Waals surface area (Å²) in [6.45, 7) is 7.23. The standard InChI is InChI=1S/C20H26N2O2Si/c1-20(2,3)17-14-22(19(21)23)18(17)24-25(15-10-6-4-7-11-15)16-12-8-5-9-13-16/h4-13,17-18,25H,14H2,1-3H3,(H2,21,23). The molecule has 2 unspecified atom stereocenters. The van der Waals surface area contributed by atoms with E-state index >= 15 is 0 Å². The molecule has 3 rings (SSSR count). The van der Waals surface area contributed by atoms with Crippen molar-refractivity contribution < 1.29 is 9.22 Å². The van der Waals surface area contributed by atoms with Gasteiger partial charge in [-0.15, -0.1) is 0 Å². The van der Waals surface area contributed by atoms with Gasteiger partial charge < -0.3 is 10.2 Å². The van der Waals surface area contributed by atoms with Gasteiger partial charge in [-0.2, -0.15) is 0 Å². The summed E-state index contributed by atoms with van der Waals surface area (Å²) < 4.78 is 6.64. The van der Waals surface area contributed by atoms with Crippen molar-refractivity contribution in [3.63, 3.8) is 0 Å². The quantitative estimate of drug-likeness (QED) is 0.853. The fourth-order valence-electron chi connectivity index (χ4n) is 3.32. The minimum Gasteiger partial charge on any atom is -0.391 e. The van der Waals surface area contributed by atoms with Crippen molar-refractivity contribution in [1.29, 1.82) is 0 Å². The first-order valence-electron chi connectivity index (χ1n) is 8.69. The number of carbonyl (C=O) groups excluding carboxylic acids is 1. The van der Waals surface area contributed by atoms with E-state index in [1.165, 1.54) is 10.4 Å². The number of amides is 2. The van der Waals surface area contributed by atoms with Crippen LogP contribution in [0.15, 0.2) is 60.7 Å². The first-order chi connectivity index (χ1) is 11.9. The van der Waals surface area contributed by atoms with Crippen LogP contribution in [0.3, 0.4) is 0 Å². The molecule has 1 fully saturated rings. The third kappa shape index (κ3) is 3.77. The summed E-state index contributed by atoms with van der Waals surface area (Å²) in [7, 11) is -1.91. The van der Waals surface area contributed by atoms with Gasteiger partial charge in [0.05, 0.1) is 0 Å². The van der Waals surface area contributed by atoms with Crippen molar-refractivity contribution in [2.24, 2.45) is 17.1 Å². The molecule has 0 bridgehead atoms. The van der Waals surface area contributed by atoms with Crippen molar-refractivity contribution in [3.05, 3.63) is 60.7 Å². The van der Waals surface area contributed by atoms with Crippen LogP contribution in [0.25, 0.3) is 0 Å². The van der Waals surface area contributed by atoms with Crippen LogP contribution < -0.4 is 16.1 Å². The Labute approximate surface area is 151 Å². The zero-order valence-electron chi connectivity index (χ0n) is 15.1. The second kappa shape index (κ2) is 7.02. The molecule has 2 amide bonds. The summed E-state index contributed by atoms with van der Waals surface area (Å²) in [6.07, 6.45) is -0.255. The van der Waals surface area contributed by atoms with Gasteiger partial charge in [-0.05, 0) is 15.8 Å². The van der Waals surface area contributed by atoms with Gasteiger partial charge in [-0.3, -0.25) is 4.90 Å². The highest BCUT2D eigenvalue weighted by molar-refractivity contribution is 6.80. The number of carbonyl (C=O) groups is 1. The molecular formula is C20H26N2O2Si. The summed E-state index contributed by atoms with van der Waals surface area (Å²) in [4.78, 5) is 13.5. The normalized spacial score (nSPS) is 20.4. The van der Waals surface area contributed by atoms with E-state index in [1.54, 1.807) is 4.90 Å². The summed E-state index contributed by atoms with van der Waals surface area (Å²) in [6, 6.07) is 20.2. The first-order valence-corrected chi connectivity index (χ1v) is 10.3. The molecule has 5 heteroatoms. The van der Waals surface area contributed by atoms with Crippen LogP contribution in [-0.2, 0) is 4.43 Å². The van der Waals surface area contributed by atoms with E-state index in [0.717, 1.165) is 0 Å². The lowest BCUT2D eigenvalue weighted by atomic mass is 9.74. The Hall–Kier alpha value is -2.11. The van der Waals surface area contributed by atoms with Gasteiger partial charge in [0, 0.05) is 12.5 Å². The van der Waals surface area contributed by atoms with Crippen LogP contribution in [0, 0.1) is 11.3 Å². The second-order valence-electron chi connectivity index (χ2n) is 7.69. The van der Waals surface area contributed by atoms with Gasteiger partial charge in [0.2, 0.25) is 9.04 Å². The number of urea groups is 1. The summed E-state index contributed by atoms with van der Waals surface area (Å²) in [5, 5.41) is 2.41. The number of nitrogens with two attached hydrogens (primary N) is 1. The van der Waals surface area contributed by atoms with E-state index in [2.05, 4.69) is 45.0 Å². The van der Waals surface area contributed by atoms with Crippen LogP contribution in [-0.4, -0.2) is 32.7 Å². The van der Waals surface area contributed by atoms with Gasteiger partial charge in [-0.25, -0.2) is 4.79 Å². The molecule has 25 heavy (non-hydrogen) atoms. The van der Waals surface area contributed by atoms with Crippen LogP contribution in [0.4, 0.5) is 4.79 Å². The van der Waals surface area contributed by atoms with Crippen molar-refractivity contribution in [2.75, 3.05) is 6.54 Å². The topological polar surface area (TPSA) is 55.6 Å². The molecule has 132 valence electrons. The average molecular weight is 355 g/mol. The van der Waals surface area contributed by atoms with Crippen molar-refractivity contribution in [3.8, 4) is 0 Å². The molecule has 1 aliphatic rings. The third-order valence-corrected chi connectivity index (χ3v) is 7.45. The Morgan fingerprint density at radius 1 is 1.04 bits per heavy atom. The number of primary amides is 1. The molecule has 2 aromatic rings. The highest BCUT2D eigenvalue weighted by Crippen LogP contribution is 2.39. The van der Waals surface area contributed by atoms with E-state index in [-0.39, 0.29) is 17.6 Å². The molecule has 0 spiro atoms. The molecule has 0 saturated carbocycles. The van der Waals surface area contributed by atoms with Crippen molar-refractivity contribution >= 4 is 25.4 Å². The Bertz CT molecular complexity index is 676. The van der Waals surface area contributed by atoms with E-state index in [9.17, 15) is 4.79 Å². The van der Waals surface area contributed by atoms with Crippen LogP contribution in [0.1, 0.15) is 20.8 Å². The number of nitrogens with zero attached hydrogens (tertiary/aromatic N) is 1. The van der Waals surface area contributed by atoms with Gasteiger partial charge in [0.25, 0.3) is 0 Å². The maximum Gasteiger partial charge on any atom is 0.316 e. The van der Waals surface area contributed by atoms with Crippen molar-refractivity contribution in [1.82, 2.24) is 4.90 Å². The highest BCUT2D eigenvalue weighted by Gasteiger charge is 2.49. The Kier molecular flexibility index (Phi) is 4.97. The van der Waals surface area contributed by atoms with Gasteiger partial charge >= 0.3 is 6.03 Å². The number of benzene rings is 2. The molecular weight excluding hydrogens is 328 g/mol. The Balaban J connectivity index is 1.92. The smallest absolute Gasteiger partial charge is 0.316 e. The number of hydrogen-bond donors (Lipinski definition) is 1. The van der Waals surface area contributed by atoms with E-state index < -0.39 is 15.1 Å². The van der Waals surface area contributed by atoms with Crippen LogP contribution >= 0.6 is 0 Å². The molecule has 1 heterocycles. The lowest BCUT2D eigenvalue weighted by molar-refractivity contribution is -0.119. The fraction of sp³-hybridized carbons (Fsp3) is 0.350. The molecule has 1 aliphatic heterocycles. The Morgan fingerprint density at radius 3 is 1.92 bits per heavy atom. The predicted molar refractivity (Wildman–Crippen MR) is 103 cm³/mol. The zero-order chi connectivity index (χ0) is 18.0. The van der Waals surface area contributed by atoms with Crippen LogP contribution in [0.5, 0.6) is 0 Å². The lowest BCUT2D eigenvalue weighted by Gasteiger charge is -2.53. The van der Waals surface area contributed by atoms with E-state index in [4.69, 9.17) is 10.2 Å². The lowest BCUT2D eigenvalue weighted by Crippen LogP contribution is -2.67. The van der Waals surface area contributed by atoms with Gasteiger partial charge in [-0.1, -0.05) is 81.4 Å². The third-order valence-electron chi connectivity index (χ3n) is 4.92. The van der Waals surface area contributed by atoms with E-state index in [1.807, 2.05) is 36.4 Å². The van der Waals surface area contributed by atoms with Gasteiger partial charge in [0.1, 0.15) is 6.23 Å². The summed E-state index contributed by atoms with van der Waals surface area (Å²) >= 11 is 0. The molecule has 0 aromatic heterocycles. The van der Waals surface area contributed by atoms with Crippen molar-refractivity contribution in [2.45, 2.75) is 27.0 Å². The summed E-state index contributed by atoms with van der Waals surface area (Å²) in [5.41, 5.74) is 5.63. The molecule has 1 saturated heterocycles. The zero-order valence-corrected chi connectivity index (χ0v) is 16.2. The maximum atomic E-state index is 11.8. The van der Waals surface area contributed by atoms with E-state index in [0.29, 0.717) is 6.54 Å². The second-order valence-corrected chi connectivity index (χ2v) is 10.1. The maximum absolute atomic E-state index is 11.8. The monoisotopic (exact) mass is 354 g/mol. The fourth-order valence-corrected chi connectivity index (χ4v) is 5.77. The largest absolute Gasteiger partial charge is 0.391 e. The number of likely N-dealkylation sites (tertiary alicyclic amines) is 1. The minimum atomic E-state index is -1.91. The highest BCUT2D eigenvalue weighted by atomic mass is 28.3. The summed E-state index contributed by atoms with van der Waals surface area (Å²) in [5.74, 6) is 0.280. The average Bonchev–Trinajstić information content (AvgIpc) is 2.54. The molecule has 2 N–H and O–H groups in total. The van der Waals surface area contributed by atoms with Crippen LogP contribution in [0.2, 0.25) is 0 Å². The number of hydrogen-bond acceptors (Lipinski definition) is 2. The molecule has 0 radical (unpaired) electrons. The SMILES string of the molecule is CC(C)(C)C1CN(C(N)=O)C1O[SiH](c1ccccc1)c1ccccc1. The molecule has 4 nitrogen and oxygen atoms in total. The Morgan fingerprint density at radius 2 is 1.52 bits per heavy atom.